The molecule has 25 heavy (non-hydrogen) atoms. The van der Waals surface area contributed by atoms with Gasteiger partial charge in [-0.05, 0) is 0 Å². The predicted octanol–water partition coefficient (Wildman–Crippen LogP) is 4.97. The quantitative estimate of drug-likeness (QED) is 0.441. The van der Waals surface area contributed by atoms with Crippen LogP contribution >= 0.6 is 18.6 Å². The van der Waals surface area contributed by atoms with Gasteiger partial charge in [0.05, 0.1) is 0 Å². The van der Waals surface area contributed by atoms with Crippen molar-refractivity contribution in [1.82, 2.24) is 0 Å². The van der Waals surface area contributed by atoms with Crippen molar-refractivity contribution in [3.63, 3.8) is 0 Å². The van der Waals surface area contributed by atoms with Gasteiger partial charge >= 0.3 is 154 Å². The van der Waals surface area contributed by atoms with Gasteiger partial charge in [-0.15, -0.1) is 0 Å². The molecule has 0 aliphatic heterocycles. The van der Waals surface area contributed by atoms with Crippen LogP contribution in [-0.4, -0.2) is 0 Å². The zero-order valence-electron chi connectivity index (χ0n) is 14.0. The van der Waals surface area contributed by atoms with Gasteiger partial charge in [0.25, 0.3) is 0 Å². The molecular weight excluding hydrogens is 339 g/mol. The molecule has 0 saturated carbocycles. The standard InChI is InChI=1S/C23H21PS/c1-4-11-20(12-5-1)24(19-23-17-10-18-25-23,21-13-6-2-7-14-21)22-15-8-3-9-16-22/h1-18,24H,19H2. The zero-order valence-corrected chi connectivity index (χ0v) is 15.8. The van der Waals surface area contributed by atoms with Crippen molar-refractivity contribution in [2.24, 2.45) is 0 Å². The maximum absolute atomic E-state index is 2.32. The molecular formula is C23H21PS. The van der Waals surface area contributed by atoms with E-state index in [1.165, 1.54) is 20.8 Å². The number of thiophene rings is 1. The summed E-state index contributed by atoms with van der Waals surface area (Å²) in [5.41, 5.74) is 0. The van der Waals surface area contributed by atoms with Crippen LogP contribution in [0.15, 0.2) is 109 Å². The molecule has 4 rings (SSSR count). The van der Waals surface area contributed by atoms with Crippen LogP contribution in [-0.2, 0) is 6.16 Å². The molecule has 0 aliphatic carbocycles. The summed E-state index contributed by atoms with van der Waals surface area (Å²) in [4.78, 5) is 1.46. The first-order valence-corrected chi connectivity index (χ1v) is 11.7. The second-order valence-electron chi connectivity index (χ2n) is 6.26. The van der Waals surface area contributed by atoms with Crippen molar-refractivity contribution in [2.45, 2.75) is 6.16 Å². The monoisotopic (exact) mass is 360 g/mol. The van der Waals surface area contributed by atoms with E-state index in [0.717, 1.165) is 6.16 Å². The van der Waals surface area contributed by atoms with Gasteiger partial charge in [-0.25, -0.2) is 0 Å². The number of benzene rings is 3. The van der Waals surface area contributed by atoms with Crippen molar-refractivity contribution < 1.29 is 0 Å². The van der Waals surface area contributed by atoms with Crippen molar-refractivity contribution >= 4 is 34.5 Å². The van der Waals surface area contributed by atoms with Gasteiger partial charge < -0.3 is 0 Å². The average molecular weight is 360 g/mol. The Kier molecular flexibility index (Phi) is 4.78. The molecule has 0 atom stereocenters. The normalized spacial score (nSPS) is 12.0. The Bertz CT molecular complexity index is 804. The van der Waals surface area contributed by atoms with Gasteiger partial charge in [0.15, 0.2) is 0 Å². The van der Waals surface area contributed by atoms with E-state index in [4.69, 9.17) is 0 Å². The molecule has 0 radical (unpaired) electrons. The molecule has 0 amide bonds. The molecule has 1 heterocycles. The Labute approximate surface area is 154 Å². The third-order valence-corrected chi connectivity index (χ3v) is 10.8. The first kappa shape index (κ1) is 16.3. The minimum absolute atomic E-state index is 1.10. The first-order chi connectivity index (χ1) is 12.4. The van der Waals surface area contributed by atoms with Gasteiger partial charge in [0, 0.05) is 0 Å². The van der Waals surface area contributed by atoms with E-state index in [2.05, 4.69) is 109 Å². The molecule has 124 valence electrons. The molecule has 1 aromatic heterocycles. The third-order valence-electron chi connectivity index (χ3n) is 4.82. The van der Waals surface area contributed by atoms with Crippen molar-refractivity contribution in [2.75, 3.05) is 0 Å². The van der Waals surface area contributed by atoms with Crippen LogP contribution in [0.1, 0.15) is 4.88 Å². The fraction of sp³-hybridized carbons (Fsp3) is 0.0435. The van der Waals surface area contributed by atoms with E-state index in [9.17, 15) is 0 Å². The zero-order chi connectivity index (χ0) is 17.0. The fourth-order valence-electron chi connectivity index (χ4n) is 3.65. The van der Waals surface area contributed by atoms with Crippen LogP contribution < -0.4 is 15.9 Å². The van der Waals surface area contributed by atoms with E-state index >= 15 is 0 Å². The number of hydrogen-bond donors (Lipinski definition) is 0. The Morgan fingerprint density at radius 1 is 0.520 bits per heavy atom. The molecule has 0 N–H and O–H groups in total. The van der Waals surface area contributed by atoms with Crippen molar-refractivity contribution in [3.8, 4) is 0 Å². The maximum atomic E-state index is 2.32. The summed E-state index contributed by atoms with van der Waals surface area (Å²) >= 11 is 1.87. The van der Waals surface area contributed by atoms with Gasteiger partial charge in [-0.1, -0.05) is 0 Å². The Morgan fingerprint density at radius 2 is 0.960 bits per heavy atom. The van der Waals surface area contributed by atoms with Gasteiger partial charge in [0.2, 0.25) is 0 Å². The molecule has 0 unspecified atom stereocenters. The summed E-state index contributed by atoms with van der Waals surface area (Å²) in [6, 6.07) is 37.8. The summed E-state index contributed by atoms with van der Waals surface area (Å²) in [6.07, 6.45) is 1.10. The molecule has 0 bridgehead atoms. The van der Waals surface area contributed by atoms with Crippen LogP contribution in [0.25, 0.3) is 0 Å². The van der Waals surface area contributed by atoms with E-state index in [0.29, 0.717) is 0 Å². The predicted molar refractivity (Wildman–Crippen MR) is 115 cm³/mol. The molecule has 0 aliphatic rings. The minimum atomic E-state index is -2.12. The second kappa shape index (κ2) is 7.35. The average Bonchev–Trinajstić information content (AvgIpc) is 3.21. The molecule has 0 fully saturated rings. The summed E-state index contributed by atoms with van der Waals surface area (Å²) in [5, 5.41) is 6.61. The molecule has 4 aromatic rings. The molecule has 0 saturated heterocycles. The van der Waals surface area contributed by atoms with Gasteiger partial charge in [-0.2, -0.15) is 0 Å². The number of rotatable bonds is 5. The van der Waals surface area contributed by atoms with Crippen LogP contribution in [0.4, 0.5) is 0 Å². The first-order valence-electron chi connectivity index (χ1n) is 8.58. The van der Waals surface area contributed by atoms with Crippen molar-refractivity contribution in [3.05, 3.63) is 113 Å². The van der Waals surface area contributed by atoms with E-state index in [1.807, 2.05) is 11.3 Å². The van der Waals surface area contributed by atoms with E-state index in [-0.39, 0.29) is 0 Å². The molecule has 2 heteroatoms. The SMILES string of the molecule is c1ccc([PH](Cc2cccs2)(c2ccccc2)c2ccccc2)cc1. The van der Waals surface area contributed by atoms with Gasteiger partial charge in [0.1, 0.15) is 0 Å². The summed E-state index contributed by atoms with van der Waals surface area (Å²) < 4.78 is 0. The van der Waals surface area contributed by atoms with Crippen LogP contribution in [0.2, 0.25) is 0 Å². The third kappa shape index (κ3) is 3.18. The Hall–Kier alpha value is -2.21. The summed E-state index contributed by atoms with van der Waals surface area (Å²) in [7, 11) is -2.12. The van der Waals surface area contributed by atoms with Crippen LogP contribution in [0.5, 0.6) is 0 Å². The van der Waals surface area contributed by atoms with Gasteiger partial charge in [-0.3, -0.25) is 0 Å². The topological polar surface area (TPSA) is 0 Å². The summed E-state index contributed by atoms with van der Waals surface area (Å²) in [6.45, 7) is 0. The van der Waals surface area contributed by atoms with E-state index < -0.39 is 7.26 Å². The second-order valence-corrected chi connectivity index (χ2v) is 11.2. The van der Waals surface area contributed by atoms with Crippen LogP contribution in [0.3, 0.4) is 0 Å². The van der Waals surface area contributed by atoms with Crippen molar-refractivity contribution in [1.29, 1.82) is 0 Å². The molecule has 0 nitrogen and oxygen atoms in total. The van der Waals surface area contributed by atoms with Crippen LogP contribution in [0, 0.1) is 0 Å². The Morgan fingerprint density at radius 3 is 1.32 bits per heavy atom. The Balaban J connectivity index is 2.01. The summed E-state index contributed by atoms with van der Waals surface area (Å²) in [5.74, 6) is 0. The van der Waals surface area contributed by atoms with E-state index in [1.54, 1.807) is 0 Å². The fourth-order valence-corrected chi connectivity index (χ4v) is 9.66. The molecule has 3 aromatic carbocycles. The number of hydrogen-bond acceptors (Lipinski definition) is 1. The molecule has 0 spiro atoms.